The lowest BCUT2D eigenvalue weighted by molar-refractivity contribution is -0.127. The van der Waals surface area contributed by atoms with Crippen molar-refractivity contribution in [3.05, 3.63) is 29.8 Å². The van der Waals surface area contributed by atoms with Crippen molar-refractivity contribution in [1.82, 2.24) is 10.6 Å². The number of nitrogens with one attached hydrogen (secondary N) is 2. The van der Waals surface area contributed by atoms with Crippen molar-refractivity contribution in [2.24, 2.45) is 11.8 Å². The molecule has 1 aromatic carbocycles. The summed E-state index contributed by atoms with van der Waals surface area (Å²) in [6.45, 7) is 8.53. The maximum absolute atomic E-state index is 12.3. The number of hydrogen-bond donors (Lipinski definition) is 2. The molecule has 0 aliphatic carbocycles. The van der Waals surface area contributed by atoms with Crippen LogP contribution in [0.15, 0.2) is 24.3 Å². The average Bonchev–Trinajstić information content (AvgIpc) is 2.36. The van der Waals surface area contributed by atoms with E-state index in [4.69, 9.17) is 4.74 Å². The smallest absolute Gasteiger partial charge is 0.226 e. The number of amides is 1. The van der Waals surface area contributed by atoms with Crippen molar-refractivity contribution in [2.75, 3.05) is 19.7 Å². The number of benzene rings is 1. The number of ether oxygens (including phenoxy) is 1. The summed E-state index contributed by atoms with van der Waals surface area (Å²) in [7, 11) is 0. The monoisotopic (exact) mass is 326 g/mol. The van der Waals surface area contributed by atoms with Crippen molar-refractivity contribution in [2.45, 2.75) is 33.2 Å². The van der Waals surface area contributed by atoms with Crippen molar-refractivity contribution in [1.29, 1.82) is 0 Å². The lowest BCUT2D eigenvalue weighted by Crippen LogP contribution is -2.51. The van der Waals surface area contributed by atoms with Crippen LogP contribution >= 0.6 is 12.4 Å². The van der Waals surface area contributed by atoms with Gasteiger partial charge in [-0.25, -0.2) is 0 Å². The first-order valence-electron chi connectivity index (χ1n) is 7.84. The molecule has 1 heterocycles. The van der Waals surface area contributed by atoms with Gasteiger partial charge in [0, 0.05) is 18.7 Å². The quantitative estimate of drug-likeness (QED) is 0.810. The first-order chi connectivity index (χ1) is 10.1. The molecule has 0 aromatic heterocycles. The molecule has 124 valence electrons. The molecular formula is C17H27ClN2O2. The number of halogens is 1. The van der Waals surface area contributed by atoms with Crippen LogP contribution in [0.25, 0.3) is 0 Å². The highest BCUT2D eigenvalue weighted by Crippen LogP contribution is 2.30. The highest BCUT2D eigenvalue weighted by atomic mass is 35.5. The summed E-state index contributed by atoms with van der Waals surface area (Å²) >= 11 is 0. The van der Waals surface area contributed by atoms with Gasteiger partial charge in [-0.1, -0.05) is 32.0 Å². The maximum Gasteiger partial charge on any atom is 0.226 e. The molecule has 1 unspecified atom stereocenters. The highest BCUT2D eigenvalue weighted by molar-refractivity contribution is 5.85. The van der Waals surface area contributed by atoms with Crippen LogP contribution in [0.3, 0.4) is 0 Å². The molecule has 1 aliphatic rings. The lowest BCUT2D eigenvalue weighted by Gasteiger charge is -2.30. The standard InChI is InChI=1S/C17H26N2O2.ClH/c1-4-21-16-8-6-5-7-14(16)15(9-12(2)3)19-17(20)13-10-18-11-13;/h5-8,12-13,15,18H,4,9-11H2,1-3H3,(H,19,20);1H. The van der Waals surface area contributed by atoms with Gasteiger partial charge in [-0.15, -0.1) is 12.4 Å². The summed E-state index contributed by atoms with van der Waals surface area (Å²) in [6, 6.07) is 8.02. The third kappa shape index (κ3) is 4.89. The minimum Gasteiger partial charge on any atom is -0.494 e. The lowest BCUT2D eigenvalue weighted by atomic mass is 9.94. The number of rotatable bonds is 7. The molecule has 0 radical (unpaired) electrons. The normalized spacial score (nSPS) is 15.6. The Morgan fingerprint density at radius 1 is 1.36 bits per heavy atom. The molecule has 22 heavy (non-hydrogen) atoms. The molecular weight excluding hydrogens is 300 g/mol. The largest absolute Gasteiger partial charge is 0.494 e. The van der Waals surface area contributed by atoms with Gasteiger partial charge in [0.1, 0.15) is 5.75 Å². The van der Waals surface area contributed by atoms with Crippen molar-refractivity contribution < 1.29 is 9.53 Å². The first kappa shape index (κ1) is 18.8. The molecule has 1 aromatic rings. The second-order valence-electron chi connectivity index (χ2n) is 6.02. The van der Waals surface area contributed by atoms with Gasteiger partial charge in [-0.2, -0.15) is 0 Å². The molecule has 1 fully saturated rings. The van der Waals surface area contributed by atoms with Crippen LogP contribution in [0.2, 0.25) is 0 Å². The molecule has 0 saturated carbocycles. The van der Waals surface area contributed by atoms with Crippen LogP contribution < -0.4 is 15.4 Å². The molecule has 1 saturated heterocycles. The van der Waals surface area contributed by atoms with Crippen LogP contribution in [-0.2, 0) is 4.79 Å². The zero-order valence-electron chi connectivity index (χ0n) is 13.6. The fourth-order valence-corrected chi connectivity index (χ4v) is 2.55. The molecule has 0 bridgehead atoms. The van der Waals surface area contributed by atoms with Gasteiger partial charge in [0.05, 0.1) is 18.6 Å². The number of para-hydroxylation sites is 1. The summed E-state index contributed by atoms with van der Waals surface area (Å²) in [6.07, 6.45) is 0.913. The van der Waals surface area contributed by atoms with Gasteiger partial charge in [-0.05, 0) is 25.3 Å². The van der Waals surface area contributed by atoms with E-state index in [2.05, 4.69) is 30.5 Å². The Morgan fingerprint density at radius 2 is 2.05 bits per heavy atom. The fourth-order valence-electron chi connectivity index (χ4n) is 2.55. The van der Waals surface area contributed by atoms with Crippen molar-refractivity contribution in [3.8, 4) is 5.75 Å². The Balaban J connectivity index is 0.00000242. The van der Waals surface area contributed by atoms with Gasteiger partial charge in [0.15, 0.2) is 0 Å². The fraction of sp³-hybridized carbons (Fsp3) is 0.588. The van der Waals surface area contributed by atoms with Crippen molar-refractivity contribution in [3.63, 3.8) is 0 Å². The van der Waals surface area contributed by atoms with E-state index < -0.39 is 0 Å². The zero-order chi connectivity index (χ0) is 15.2. The van der Waals surface area contributed by atoms with Crippen LogP contribution in [-0.4, -0.2) is 25.6 Å². The van der Waals surface area contributed by atoms with E-state index >= 15 is 0 Å². The number of carbonyl (C=O) groups excluding carboxylic acids is 1. The van der Waals surface area contributed by atoms with Crippen molar-refractivity contribution >= 4 is 18.3 Å². The molecule has 5 heteroatoms. The van der Waals surface area contributed by atoms with E-state index in [0.717, 1.165) is 30.8 Å². The first-order valence-corrected chi connectivity index (χ1v) is 7.84. The molecule has 2 N–H and O–H groups in total. The van der Waals surface area contributed by atoms with Gasteiger partial charge in [-0.3, -0.25) is 4.79 Å². The van der Waals surface area contributed by atoms with E-state index in [1.165, 1.54) is 0 Å². The Morgan fingerprint density at radius 3 is 2.59 bits per heavy atom. The molecule has 1 aliphatic heterocycles. The predicted molar refractivity (Wildman–Crippen MR) is 91.6 cm³/mol. The average molecular weight is 327 g/mol. The van der Waals surface area contributed by atoms with Gasteiger partial charge < -0.3 is 15.4 Å². The predicted octanol–water partition coefficient (Wildman–Crippen LogP) is 2.93. The summed E-state index contributed by atoms with van der Waals surface area (Å²) in [5.41, 5.74) is 1.08. The van der Waals surface area contributed by atoms with E-state index in [1.807, 2.05) is 25.1 Å². The van der Waals surface area contributed by atoms with E-state index in [0.29, 0.717) is 12.5 Å². The van der Waals surface area contributed by atoms with E-state index in [1.54, 1.807) is 0 Å². The molecule has 4 nitrogen and oxygen atoms in total. The topological polar surface area (TPSA) is 50.4 Å². The number of carbonyl (C=O) groups is 1. The zero-order valence-corrected chi connectivity index (χ0v) is 14.4. The van der Waals surface area contributed by atoms with Crippen LogP contribution in [0.1, 0.15) is 38.8 Å². The van der Waals surface area contributed by atoms with Crippen LogP contribution in [0.5, 0.6) is 5.75 Å². The SMILES string of the molecule is CCOc1ccccc1C(CC(C)C)NC(=O)C1CNC1.Cl. The molecule has 1 atom stereocenters. The maximum atomic E-state index is 12.3. The highest BCUT2D eigenvalue weighted by Gasteiger charge is 2.28. The second kappa shape index (κ2) is 9.01. The Kier molecular flexibility index (Phi) is 7.69. The minimum absolute atomic E-state index is 0. The summed E-state index contributed by atoms with van der Waals surface area (Å²) in [5, 5.41) is 6.35. The third-order valence-corrected chi connectivity index (χ3v) is 3.77. The summed E-state index contributed by atoms with van der Waals surface area (Å²) < 4.78 is 5.72. The van der Waals surface area contributed by atoms with E-state index in [-0.39, 0.29) is 30.3 Å². The van der Waals surface area contributed by atoms with Gasteiger partial charge >= 0.3 is 0 Å². The molecule has 1 amide bonds. The summed E-state index contributed by atoms with van der Waals surface area (Å²) in [5.74, 6) is 1.63. The van der Waals surface area contributed by atoms with Gasteiger partial charge in [0.25, 0.3) is 0 Å². The number of hydrogen-bond acceptors (Lipinski definition) is 3. The van der Waals surface area contributed by atoms with E-state index in [9.17, 15) is 4.79 Å². The van der Waals surface area contributed by atoms with Crippen LogP contribution in [0, 0.1) is 11.8 Å². The second-order valence-corrected chi connectivity index (χ2v) is 6.02. The summed E-state index contributed by atoms with van der Waals surface area (Å²) in [4.78, 5) is 12.3. The Bertz CT molecular complexity index is 475. The molecule has 2 rings (SSSR count). The van der Waals surface area contributed by atoms with Gasteiger partial charge in [0.2, 0.25) is 5.91 Å². The Labute approximate surface area is 139 Å². The Hall–Kier alpha value is -1.26. The third-order valence-electron chi connectivity index (χ3n) is 3.77. The molecule has 0 spiro atoms. The minimum atomic E-state index is 0. The van der Waals surface area contributed by atoms with Crippen LogP contribution in [0.4, 0.5) is 0 Å².